The molecule has 40 heavy (non-hydrogen) atoms. The summed E-state index contributed by atoms with van der Waals surface area (Å²) >= 11 is 0. The van der Waals surface area contributed by atoms with Crippen molar-refractivity contribution in [2.24, 2.45) is 47.0 Å². The second kappa shape index (κ2) is 17.1. The number of fused-ring (bicyclic) bond motifs is 1. The molecule has 1 fully saturated rings. The molecule has 2 nitrogen and oxygen atoms in total. The van der Waals surface area contributed by atoms with Crippen molar-refractivity contribution in [3.05, 3.63) is 47.1 Å². The van der Waals surface area contributed by atoms with Crippen molar-refractivity contribution in [1.82, 2.24) is 0 Å². The number of hydrogen-bond donors (Lipinski definition) is 2. The van der Waals surface area contributed by atoms with Gasteiger partial charge in [0.25, 0.3) is 0 Å². The molecule has 2 heteroatoms. The van der Waals surface area contributed by atoms with Gasteiger partial charge in [-0.05, 0) is 132 Å². The van der Waals surface area contributed by atoms with Crippen molar-refractivity contribution in [2.75, 3.05) is 6.54 Å². The van der Waals surface area contributed by atoms with Crippen LogP contribution in [0, 0.1) is 35.5 Å². The SMILES string of the molecule is C/C=C\CCCCC1CCCC(C2CCC(C3CC=C(C(N)CCCC(CC)CCN)CC3)=C3C=CCCC32)C1. The van der Waals surface area contributed by atoms with Crippen molar-refractivity contribution in [3.8, 4) is 0 Å². The lowest BCUT2D eigenvalue weighted by Crippen LogP contribution is -2.34. The van der Waals surface area contributed by atoms with Gasteiger partial charge in [-0.15, -0.1) is 0 Å². The monoisotopic (exact) mass is 549 g/mol. The zero-order chi connectivity index (χ0) is 28.2. The van der Waals surface area contributed by atoms with Gasteiger partial charge in [-0.2, -0.15) is 0 Å². The minimum atomic E-state index is 0.273. The average Bonchev–Trinajstić information content (AvgIpc) is 3.00. The summed E-state index contributed by atoms with van der Waals surface area (Å²) in [7, 11) is 0. The quantitative estimate of drug-likeness (QED) is 0.158. The van der Waals surface area contributed by atoms with Gasteiger partial charge in [0.15, 0.2) is 0 Å². The molecule has 0 radical (unpaired) electrons. The van der Waals surface area contributed by atoms with Gasteiger partial charge in [0.2, 0.25) is 0 Å². The Morgan fingerprint density at radius 2 is 1.90 bits per heavy atom. The molecule has 226 valence electrons. The molecule has 0 aromatic heterocycles. The van der Waals surface area contributed by atoms with Crippen LogP contribution in [0.25, 0.3) is 0 Å². The summed E-state index contributed by atoms with van der Waals surface area (Å²) in [6.45, 7) is 5.28. The second-order valence-corrected chi connectivity index (χ2v) is 14.1. The molecule has 0 amide bonds. The van der Waals surface area contributed by atoms with E-state index in [9.17, 15) is 0 Å². The van der Waals surface area contributed by atoms with E-state index in [0.29, 0.717) is 0 Å². The van der Waals surface area contributed by atoms with Gasteiger partial charge in [0.1, 0.15) is 0 Å². The van der Waals surface area contributed by atoms with Crippen molar-refractivity contribution in [2.45, 2.75) is 148 Å². The molecule has 0 bridgehead atoms. The summed E-state index contributed by atoms with van der Waals surface area (Å²) in [4.78, 5) is 0. The Labute approximate surface area is 248 Å². The van der Waals surface area contributed by atoms with Gasteiger partial charge in [0, 0.05) is 6.04 Å². The Morgan fingerprint density at radius 1 is 1.00 bits per heavy atom. The Kier molecular flexibility index (Phi) is 13.6. The third-order valence-corrected chi connectivity index (χ3v) is 11.6. The molecule has 4 aliphatic carbocycles. The van der Waals surface area contributed by atoms with Crippen LogP contribution in [0.3, 0.4) is 0 Å². The first-order valence-electron chi connectivity index (χ1n) is 17.8. The van der Waals surface area contributed by atoms with Gasteiger partial charge in [0.05, 0.1) is 0 Å². The lowest BCUT2D eigenvalue weighted by Gasteiger charge is -2.45. The van der Waals surface area contributed by atoms with Crippen molar-refractivity contribution in [1.29, 1.82) is 0 Å². The van der Waals surface area contributed by atoms with Crippen molar-refractivity contribution >= 4 is 0 Å². The maximum atomic E-state index is 6.72. The van der Waals surface area contributed by atoms with E-state index in [0.717, 1.165) is 48.5 Å². The van der Waals surface area contributed by atoms with E-state index < -0.39 is 0 Å². The fraction of sp³-hybridized carbons (Fsp3) is 0.789. The molecular formula is C38H64N2. The Morgan fingerprint density at radius 3 is 2.67 bits per heavy atom. The molecule has 4 rings (SSSR count). The Bertz CT molecular complexity index is 863. The summed E-state index contributed by atoms with van der Waals surface area (Å²) in [6, 6.07) is 0.273. The van der Waals surface area contributed by atoms with Crippen LogP contribution in [0.15, 0.2) is 47.1 Å². The van der Waals surface area contributed by atoms with E-state index in [1.54, 1.807) is 11.1 Å². The average molecular weight is 549 g/mol. The van der Waals surface area contributed by atoms with Crippen LogP contribution in [0.1, 0.15) is 142 Å². The van der Waals surface area contributed by atoms with Crippen molar-refractivity contribution in [3.63, 3.8) is 0 Å². The first-order chi connectivity index (χ1) is 19.6. The first kappa shape index (κ1) is 31.8. The van der Waals surface area contributed by atoms with Gasteiger partial charge in [-0.1, -0.05) is 99.8 Å². The number of unbranched alkanes of at least 4 members (excludes halogenated alkanes) is 2. The molecule has 7 atom stereocenters. The van der Waals surface area contributed by atoms with Crippen LogP contribution >= 0.6 is 0 Å². The summed E-state index contributed by atoms with van der Waals surface area (Å²) in [5.41, 5.74) is 17.7. The van der Waals surface area contributed by atoms with Crippen LogP contribution in [0.5, 0.6) is 0 Å². The molecule has 7 unspecified atom stereocenters. The normalized spacial score (nSPS) is 30.8. The largest absolute Gasteiger partial charge is 0.330 e. The van der Waals surface area contributed by atoms with E-state index in [1.807, 2.05) is 5.57 Å². The van der Waals surface area contributed by atoms with E-state index in [4.69, 9.17) is 11.5 Å². The zero-order valence-electron chi connectivity index (χ0n) is 26.4. The third-order valence-electron chi connectivity index (χ3n) is 11.6. The topological polar surface area (TPSA) is 52.0 Å². The smallest absolute Gasteiger partial charge is 0.0253 e. The van der Waals surface area contributed by atoms with E-state index in [1.165, 1.54) is 122 Å². The molecule has 4 aliphatic rings. The van der Waals surface area contributed by atoms with Gasteiger partial charge < -0.3 is 11.5 Å². The van der Waals surface area contributed by atoms with Gasteiger partial charge in [-0.3, -0.25) is 0 Å². The van der Waals surface area contributed by atoms with Crippen LogP contribution in [0.4, 0.5) is 0 Å². The molecule has 1 saturated carbocycles. The lowest BCUT2D eigenvalue weighted by atomic mass is 9.60. The van der Waals surface area contributed by atoms with Gasteiger partial charge in [-0.25, -0.2) is 0 Å². The summed E-state index contributed by atoms with van der Waals surface area (Å²) < 4.78 is 0. The number of hydrogen-bond acceptors (Lipinski definition) is 2. The molecule has 0 heterocycles. The summed E-state index contributed by atoms with van der Waals surface area (Å²) in [5.74, 6) is 5.33. The number of nitrogens with two attached hydrogens (primary N) is 2. The fourth-order valence-electron chi connectivity index (χ4n) is 9.18. The zero-order valence-corrected chi connectivity index (χ0v) is 26.4. The summed E-state index contributed by atoms with van der Waals surface area (Å²) in [5, 5.41) is 0. The lowest BCUT2D eigenvalue weighted by molar-refractivity contribution is 0.131. The van der Waals surface area contributed by atoms with Crippen LogP contribution in [-0.4, -0.2) is 12.6 Å². The molecule has 0 aromatic rings. The highest BCUT2D eigenvalue weighted by Crippen LogP contribution is 2.51. The van der Waals surface area contributed by atoms with Crippen molar-refractivity contribution < 1.29 is 0 Å². The highest BCUT2D eigenvalue weighted by Gasteiger charge is 2.39. The van der Waals surface area contributed by atoms with Gasteiger partial charge >= 0.3 is 0 Å². The highest BCUT2D eigenvalue weighted by molar-refractivity contribution is 5.36. The van der Waals surface area contributed by atoms with Crippen LogP contribution < -0.4 is 11.5 Å². The third kappa shape index (κ3) is 8.94. The highest BCUT2D eigenvalue weighted by atomic mass is 14.6. The summed E-state index contributed by atoms with van der Waals surface area (Å²) in [6.07, 6.45) is 39.2. The predicted octanol–water partition coefficient (Wildman–Crippen LogP) is 10.2. The van der Waals surface area contributed by atoms with Crippen LogP contribution in [0.2, 0.25) is 0 Å². The van der Waals surface area contributed by atoms with E-state index >= 15 is 0 Å². The molecule has 0 aromatic carbocycles. The molecule has 4 N–H and O–H groups in total. The standard InChI is InChI=1S/C38H64N2/c1-3-5-6-7-8-13-30-15-11-16-33(28-30)35-25-24-34(36-17-9-10-18-37(35)36)31-20-22-32(23-21-31)38(40)19-12-14-29(4-2)26-27-39/h3,5,9,17,22,29-31,33,35,37-38H,4,6-8,10-16,18-21,23-28,39-40H2,1-2H3/b5-3-. The van der Waals surface area contributed by atoms with Crippen LogP contribution in [-0.2, 0) is 0 Å². The van der Waals surface area contributed by atoms with E-state index in [-0.39, 0.29) is 6.04 Å². The number of allylic oxidation sites excluding steroid dienone is 7. The molecule has 0 aliphatic heterocycles. The predicted molar refractivity (Wildman–Crippen MR) is 175 cm³/mol. The Balaban J connectivity index is 1.31. The molecular weight excluding hydrogens is 484 g/mol. The Hall–Kier alpha value is -1.12. The second-order valence-electron chi connectivity index (χ2n) is 14.1. The molecule has 0 spiro atoms. The minimum Gasteiger partial charge on any atom is -0.330 e. The number of rotatable bonds is 15. The van der Waals surface area contributed by atoms with E-state index in [2.05, 4.69) is 44.2 Å². The maximum Gasteiger partial charge on any atom is 0.0253 e. The minimum absolute atomic E-state index is 0.273. The maximum absolute atomic E-state index is 6.72. The molecule has 0 saturated heterocycles. The fourth-order valence-corrected chi connectivity index (χ4v) is 9.18. The first-order valence-corrected chi connectivity index (χ1v) is 17.8.